The lowest BCUT2D eigenvalue weighted by Crippen LogP contribution is -2.42. The molecular weight excluding hydrogens is 361 g/mol. The Kier molecular flexibility index (Phi) is 9.30. The molecule has 0 heterocycles. The molecule has 0 aromatic heterocycles. The lowest BCUT2D eigenvalue weighted by atomic mass is 10.0. The van der Waals surface area contributed by atoms with Crippen LogP contribution in [0.3, 0.4) is 0 Å². The third-order valence-corrected chi connectivity index (χ3v) is 4.47. The van der Waals surface area contributed by atoms with E-state index in [2.05, 4.69) is 0 Å². The Balaban J connectivity index is 2.51. The van der Waals surface area contributed by atoms with Crippen molar-refractivity contribution in [3.05, 3.63) is 35.4 Å². The van der Waals surface area contributed by atoms with E-state index in [-0.39, 0.29) is 12.2 Å². The summed E-state index contributed by atoms with van der Waals surface area (Å²) in [5, 5.41) is 0. The minimum atomic E-state index is -4.29. The molecule has 7 heteroatoms. The lowest BCUT2D eigenvalue weighted by molar-refractivity contribution is -0.369. The third kappa shape index (κ3) is 8.20. The number of rotatable bonds is 11. The van der Waals surface area contributed by atoms with Crippen LogP contribution in [-0.4, -0.2) is 28.7 Å². The molecular formula is C19H31F3O3Si. The molecule has 0 atom stereocenters. The second kappa shape index (κ2) is 10.4. The van der Waals surface area contributed by atoms with E-state index in [4.69, 9.17) is 13.9 Å². The van der Waals surface area contributed by atoms with Gasteiger partial charge in [0.05, 0.1) is 17.8 Å². The van der Waals surface area contributed by atoms with Crippen molar-refractivity contribution in [2.75, 3.05) is 0 Å². The van der Waals surface area contributed by atoms with Crippen LogP contribution >= 0.6 is 0 Å². The molecule has 1 aromatic carbocycles. The van der Waals surface area contributed by atoms with Crippen LogP contribution in [0.2, 0.25) is 0 Å². The Morgan fingerprint density at radius 1 is 0.962 bits per heavy atom. The fraction of sp³-hybridized carbons (Fsp3) is 0.684. The van der Waals surface area contributed by atoms with Crippen molar-refractivity contribution in [3.63, 3.8) is 0 Å². The second-order valence-corrected chi connectivity index (χ2v) is 7.39. The fourth-order valence-corrected chi connectivity index (χ4v) is 3.21. The topological polar surface area (TPSA) is 27.7 Å². The summed E-state index contributed by atoms with van der Waals surface area (Å²) >= 11 is 0. The highest BCUT2D eigenvalue weighted by molar-refractivity contribution is 5.98. The van der Waals surface area contributed by atoms with Crippen molar-refractivity contribution in [1.29, 1.82) is 0 Å². The van der Waals surface area contributed by atoms with Gasteiger partial charge in [-0.2, -0.15) is 13.2 Å². The number of hydrogen-bond acceptors (Lipinski definition) is 3. The van der Waals surface area contributed by atoms with Crippen molar-refractivity contribution in [3.8, 4) is 0 Å². The maximum absolute atomic E-state index is 12.8. The molecule has 0 bridgehead atoms. The third-order valence-electron chi connectivity index (χ3n) is 3.84. The van der Waals surface area contributed by atoms with Crippen LogP contribution in [0.25, 0.3) is 0 Å². The van der Waals surface area contributed by atoms with Crippen molar-refractivity contribution in [2.45, 2.75) is 84.2 Å². The number of benzene rings is 1. The van der Waals surface area contributed by atoms with E-state index in [0.29, 0.717) is 28.9 Å². The monoisotopic (exact) mass is 392 g/mol. The number of aryl methyl sites for hydroxylation is 1. The van der Waals surface area contributed by atoms with Gasteiger partial charge in [0.15, 0.2) is 10.5 Å². The first-order valence-electron chi connectivity index (χ1n) is 9.15. The Labute approximate surface area is 157 Å². The molecule has 0 aliphatic rings. The highest BCUT2D eigenvalue weighted by Gasteiger charge is 2.33. The molecule has 150 valence electrons. The normalized spacial score (nSPS) is 13.1. The zero-order valence-electron chi connectivity index (χ0n) is 16.4. The summed E-state index contributed by atoms with van der Waals surface area (Å²) in [4.78, 5) is 0. The molecule has 0 spiro atoms. The van der Waals surface area contributed by atoms with E-state index in [0.717, 1.165) is 25.3 Å². The lowest BCUT2D eigenvalue weighted by Gasteiger charge is -2.36. The van der Waals surface area contributed by atoms with Gasteiger partial charge in [0, 0.05) is 6.42 Å². The molecule has 0 amide bonds. The van der Waals surface area contributed by atoms with E-state index >= 15 is 0 Å². The van der Waals surface area contributed by atoms with E-state index in [9.17, 15) is 13.2 Å². The molecule has 0 unspecified atom stereocenters. The summed E-state index contributed by atoms with van der Waals surface area (Å²) in [5.41, 5.74) is 0.121. The number of ether oxygens (including phenoxy) is 2. The predicted molar refractivity (Wildman–Crippen MR) is 99.8 cm³/mol. The molecule has 3 nitrogen and oxygen atoms in total. The molecule has 0 saturated heterocycles. The number of alkyl halides is 3. The molecule has 0 radical (unpaired) electrons. The zero-order valence-corrected chi connectivity index (χ0v) is 18.4. The van der Waals surface area contributed by atoms with Gasteiger partial charge in [-0.3, -0.25) is 0 Å². The largest absolute Gasteiger partial charge is 0.416 e. The van der Waals surface area contributed by atoms with Crippen molar-refractivity contribution in [1.82, 2.24) is 0 Å². The van der Waals surface area contributed by atoms with Gasteiger partial charge >= 0.3 is 6.18 Å². The van der Waals surface area contributed by atoms with Gasteiger partial charge in [0.1, 0.15) is 0 Å². The van der Waals surface area contributed by atoms with Gasteiger partial charge in [-0.1, -0.05) is 24.6 Å². The van der Waals surface area contributed by atoms with Crippen molar-refractivity contribution < 1.29 is 27.1 Å². The molecule has 0 aliphatic heterocycles. The number of halogens is 3. The average Bonchev–Trinajstić information content (AvgIpc) is 2.52. The van der Waals surface area contributed by atoms with Gasteiger partial charge in [-0.25, -0.2) is 0 Å². The van der Waals surface area contributed by atoms with E-state index < -0.39 is 17.7 Å². The standard InChI is InChI=1S/C19H31F3O3Si/c1-14(2)23-18(25-26,24-15(3)4)12-7-5-6-9-16-10-8-11-17(13-16)19(20,21)22/h8,10-11,13-15H,5-7,9,12H2,1-4,26H3. The van der Waals surface area contributed by atoms with Gasteiger partial charge in [0.2, 0.25) is 0 Å². The smallest absolute Gasteiger partial charge is 0.380 e. The summed E-state index contributed by atoms with van der Waals surface area (Å²) in [7, 11) is 0.494. The van der Waals surface area contributed by atoms with E-state index in [1.165, 1.54) is 12.1 Å². The van der Waals surface area contributed by atoms with Crippen LogP contribution < -0.4 is 0 Å². The highest BCUT2D eigenvalue weighted by atomic mass is 28.2. The van der Waals surface area contributed by atoms with Crippen LogP contribution in [0.4, 0.5) is 13.2 Å². The molecule has 0 aliphatic carbocycles. The maximum Gasteiger partial charge on any atom is 0.416 e. The molecule has 0 fully saturated rings. The molecule has 26 heavy (non-hydrogen) atoms. The van der Waals surface area contributed by atoms with E-state index in [1.54, 1.807) is 6.07 Å². The van der Waals surface area contributed by atoms with E-state index in [1.807, 2.05) is 27.7 Å². The van der Waals surface area contributed by atoms with Gasteiger partial charge in [-0.15, -0.1) is 0 Å². The molecule has 1 aromatic rings. The van der Waals surface area contributed by atoms with Crippen LogP contribution in [-0.2, 0) is 26.5 Å². The quantitative estimate of drug-likeness (QED) is 0.313. The SMILES string of the molecule is CC(C)OC(CCCCCc1cccc(C(F)(F)F)c1)(O[SiH3])OC(C)C. The summed E-state index contributed by atoms with van der Waals surface area (Å²) in [6.45, 7) is 7.75. The molecule has 0 N–H and O–H groups in total. The Hall–Kier alpha value is -0.893. The summed E-state index contributed by atoms with van der Waals surface area (Å²) < 4.78 is 55.7. The Morgan fingerprint density at radius 2 is 1.58 bits per heavy atom. The first-order chi connectivity index (χ1) is 12.1. The average molecular weight is 393 g/mol. The van der Waals surface area contributed by atoms with Crippen LogP contribution in [0.1, 0.15) is 64.5 Å². The summed E-state index contributed by atoms with van der Waals surface area (Å²) in [6.07, 6.45) is -0.612. The second-order valence-electron chi connectivity index (χ2n) is 6.98. The first kappa shape index (κ1) is 23.1. The summed E-state index contributed by atoms with van der Waals surface area (Å²) in [6, 6.07) is 5.54. The van der Waals surface area contributed by atoms with Crippen LogP contribution in [0.5, 0.6) is 0 Å². The minimum Gasteiger partial charge on any atom is -0.380 e. The first-order valence-corrected chi connectivity index (χ1v) is 9.96. The minimum absolute atomic E-state index is 0.0205. The molecule has 1 rings (SSSR count). The van der Waals surface area contributed by atoms with Crippen LogP contribution in [0.15, 0.2) is 24.3 Å². The highest BCUT2D eigenvalue weighted by Crippen LogP contribution is 2.30. The Morgan fingerprint density at radius 3 is 2.08 bits per heavy atom. The zero-order chi connectivity index (χ0) is 19.8. The predicted octanol–water partition coefficient (Wildman–Crippen LogP) is 4.61. The van der Waals surface area contributed by atoms with Gasteiger partial charge in [-0.05, 0) is 58.6 Å². The van der Waals surface area contributed by atoms with Crippen molar-refractivity contribution >= 4 is 10.5 Å². The fourth-order valence-electron chi connectivity index (χ4n) is 2.81. The molecule has 0 saturated carbocycles. The van der Waals surface area contributed by atoms with Crippen molar-refractivity contribution in [2.24, 2.45) is 0 Å². The maximum atomic E-state index is 12.8. The summed E-state index contributed by atoms with van der Waals surface area (Å²) in [5.74, 6) is -1.01. The van der Waals surface area contributed by atoms with Gasteiger partial charge in [0.25, 0.3) is 5.97 Å². The Bertz CT molecular complexity index is 523. The van der Waals surface area contributed by atoms with Crippen LogP contribution in [0, 0.1) is 0 Å². The number of hydrogen-bond donors (Lipinski definition) is 0. The van der Waals surface area contributed by atoms with Gasteiger partial charge < -0.3 is 13.9 Å². The number of unbranched alkanes of at least 4 members (excludes halogenated alkanes) is 2.